The molecule has 0 saturated carbocycles. The van der Waals surface area contributed by atoms with E-state index in [2.05, 4.69) is 0 Å². The fourth-order valence-corrected chi connectivity index (χ4v) is 2.05. The van der Waals surface area contributed by atoms with Crippen LogP contribution in [0.5, 0.6) is 0 Å². The zero-order valence-corrected chi connectivity index (χ0v) is 11.2. The monoisotopic (exact) mass is 306 g/mol. The normalized spacial score (nSPS) is 14.8. The van der Waals surface area contributed by atoms with Crippen molar-refractivity contribution in [2.24, 2.45) is 0 Å². The summed E-state index contributed by atoms with van der Waals surface area (Å²) in [4.78, 5) is 0. The molecule has 0 aliphatic carbocycles. The summed E-state index contributed by atoms with van der Waals surface area (Å²) in [6, 6.07) is 0. The highest BCUT2D eigenvalue weighted by Crippen LogP contribution is 2.54. The highest BCUT2D eigenvalue weighted by atomic mass is 35.5. The first-order valence-corrected chi connectivity index (χ1v) is 5.69. The van der Waals surface area contributed by atoms with Gasteiger partial charge in [-0.15, -0.1) is 0 Å². The number of rotatable bonds is 4. The van der Waals surface area contributed by atoms with E-state index in [1.807, 2.05) is 6.92 Å². The molecule has 0 aromatic heterocycles. The van der Waals surface area contributed by atoms with Gasteiger partial charge in [-0.3, -0.25) is 0 Å². The second-order valence-electron chi connectivity index (χ2n) is 2.57. The summed E-state index contributed by atoms with van der Waals surface area (Å²) >= 11 is 33.6. The third-order valence-electron chi connectivity index (χ3n) is 1.40. The summed E-state index contributed by atoms with van der Waals surface area (Å²) in [6.45, 7) is 1.82. The fourth-order valence-electron chi connectivity index (χ4n) is 0.691. The van der Waals surface area contributed by atoms with Gasteiger partial charge in [0.25, 0.3) is 4.52 Å². The van der Waals surface area contributed by atoms with Crippen molar-refractivity contribution < 1.29 is 5.11 Å². The standard InChI is InChI=1S/C6H8Cl6O/c1-2-3-4(7,8)5(9,10)6(11,12)13/h13H,2-3H2,1H3. The van der Waals surface area contributed by atoms with Crippen LogP contribution in [0.3, 0.4) is 0 Å². The van der Waals surface area contributed by atoms with E-state index in [1.165, 1.54) is 0 Å². The molecule has 0 unspecified atom stereocenters. The number of alkyl halides is 6. The van der Waals surface area contributed by atoms with Gasteiger partial charge >= 0.3 is 0 Å². The Kier molecular flexibility index (Phi) is 5.31. The van der Waals surface area contributed by atoms with Gasteiger partial charge in [-0.25, -0.2) is 0 Å². The van der Waals surface area contributed by atoms with Crippen LogP contribution in [0.1, 0.15) is 19.8 Å². The third-order valence-corrected chi connectivity index (χ3v) is 4.88. The molecule has 7 heteroatoms. The summed E-state index contributed by atoms with van der Waals surface area (Å²) < 4.78 is -6.07. The van der Waals surface area contributed by atoms with Crippen molar-refractivity contribution >= 4 is 69.6 Å². The molecule has 0 bridgehead atoms. The Morgan fingerprint density at radius 3 is 1.62 bits per heavy atom. The molecule has 0 spiro atoms. The molecule has 0 aliphatic rings. The van der Waals surface area contributed by atoms with Crippen molar-refractivity contribution in [3.63, 3.8) is 0 Å². The minimum atomic E-state index is -2.41. The first kappa shape index (κ1) is 14.7. The second kappa shape index (κ2) is 4.69. The quantitative estimate of drug-likeness (QED) is 0.769. The average Bonchev–Trinajstić information content (AvgIpc) is 1.84. The van der Waals surface area contributed by atoms with Crippen molar-refractivity contribution in [2.75, 3.05) is 0 Å². The summed E-state index contributed by atoms with van der Waals surface area (Å²) in [7, 11) is 0. The molecule has 0 rings (SSSR count). The predicted octanol–water partition coefficient (Wildman–Crippen LogP) is 4.26. The van der Waals surface area contributed by atoms with E-state index in [0.717, 1.165) is 0 Å². The fraction of sp³-hybridized carbons (Fsp3) is 1.00. The highest BCUT2D eigenvalue weighted by molar-refractivity contribution is 6.69. The van der Waals surface area contributed by atoms with E-state index < -0.39 is 13.2 Å². The first-order valence-electron chi connectivity index (χ1n) is 3.42. The molecule has 13 heavy (non-hydrogen) atoms. The van der Waals surface area contributed by atoms with E-state index in [9.17, 15) is 5.11 Å². The highest BCUT2D eigenvalue weighted by Gasteiger charge is 2.59. The molecule has 1 nitrogen and oxygen atoms in total. The van der Waals surface area contributed by atoms with Crippen LogP contribution in [0.25, 0.3) is 0 Å². The smallest absolute Gasteiger partial charge is 0.251 e. The van der Waals surface area contributed by atoms with Crippen molar-refractivity contribution in [1.82, 2.24) is 0 Å². The summed E-state index contributed by atoms with van der Waals surface area (Å²) in [5.41, 5.74) is 0. The van der Waals surface area contributed by atoms with Gasteiger partial charge in [0, 0.05) is 0 Å². The van der Waals surface area contributed by atoms with E-state index in [1.54, 1.807) is 0 Å². The Labute approximate surface area is 107 Å². The molecule has 1 N–H and O–H groups in total. The van der Waals surface area contributed by atoms with E-state index in [4.69, 9.17) is 69.6 Å². The lowest BCUT2D eigenvalue weighted by molar-refractivity contribution is 0.185. The van der Waals surface area contributed by atoms with Crippen LogP contribution in [0.4, 0.5) is 0 Å². The van der Waals surface area contributed by atoms with Gasteiger partial charge in [0.2, 0.25) is 4.33 Å². The van der Waals surface area contributed by atoms with Gasteiger partial charge in [0.05, 0.1) is 0 Å². The van der Waals surface area contributed by atoms with Crippen LogP contribution in [-0.2, 0) is 0 Å². The van der Waals surface area contributed by atoms with Crippen molar-refractivity contribution in [2.45, 2.75) is 33.0 Å². The minimum Gasteiger partial charge on any atom is -0.360 e. The molecular formula is C6H8Cl6O. The van der Waals surface area contributed by atoms with Crippen molar-refractivity contribution in [1.29, 1.82) is 0 Å². The molecule has 0 aliphatic heterocycles. The number of halogens is 6. The molecule has 0 atom stereocenters. The number of hydrogen-bond donors (Lipinski definition) is 1. The van der Waals surface area contributed by atoms with Gasteiger partial charge in [-0.2, -0.15) is 0 Å². The SMILES string of the molecule is CCCC(Cl)(Cl)C(Cl)(Cl)C(O)(Cl)Cl. The lowest BCUT2D eigenvalue weighted by Crippen LogP contribution is -2.49. The zero-order chi connectivity index (χ0) is 10.9. The van der Waals surface area contributed by atoms with Crippen LogP contribution in [0, 0.1) is 0 Å². The Balaban J connectivity index is 4.81. The van der Waals surface area contributed by atoms with Gasteiger partial charge in [0.1, 0.15) is 0 Å². The summed E-state index contributed by atoms with van der Waals surface area (Å²) in [5, 5.41) is 9.21. The molecule has 80 valence electrons. The second-order valence-corrected chi connectivity index (χ2v) is 6.67. The van der Waals surface area contributed by atoms with Crippen LogP contribution in [0.15, 0.2) is 0 Å². The van der Waals surface area contributed by atoms with Crippen LogP contribution >= 0.6 is 69.6 Å². The largest absolute Gasteiger partial charge is 0.360 e. The Bertz CT molecular complexity index is 172. The average molecular weight is 309 g/mol. The summed E-state index contributed by atoms with van der Waals surface area (Å²) in [6.07, 6.45) is 0.878. The van der Waals surface area contributed by atoms with Crippen LogP contribution in [-0.4, -0.2) is 18.3 Å². The Morgan fingerprint density at radius 2 is 1.38 bits per heavy atom. The van der Waals surface area contributed by atoms with Gasteiger partial charge in [-0.05, 0) is 6.42 Å². The van der Waals surface area contributed by atoms with Crippen LogP contribution in [0.2, 0.25) is 0 Å². The van der Waals surface area contributed by atoms with E-state index in [-0.39, 0.29) is 6.42 Å². The lowest BCUT2D eigenvalue weighted by atomic mass is 10.2. The van der Waals surface area contributed by atoms with E-state index in [0.29, 0.717) is 6.42 Å². The van der Waals surface area contributed by atoms with E-state index >= 15 is 0 Å². The van der Waals surface area contributed by atoms with Crippen LogP contribution < -0.4 is 0 Å². The molecule has 0 aromatic carbocycles. The van der Waals surface area contributed by atoms with Crippen molar-refractivity contribution in [3.8, 4) is 0 Å². The molecule has 0 amide bonds. The number of hydrogen-bond acceptors (Lipinski definition) is 1. The maximum absolute atomic E-state index is 9.21. The molecule has 0 saturated heterocycles. The minimum absolute atomic E-state index is 0.255. The molecule has 0 heterocycles. The maximum atomic E-state index is 9.21. The first-order chi connectivity index (χ1) is 5.56. The molecular weight excluding hydrogens is 301 g/mol. The lowest BCUT2D eigenvalue weighted by Gasteiger charge is -2.37. The van der Waals surface area contributed by atoms with Gasteiger partial charge in [0.15, 0.2) is 4.33 Å². The van der Waals surface area contributed by atoms with Gasteiger partial charge in [-0.1, -0.05) is 83.0 Å². The summed E-state index contributed by atoms with van der Waals surface area (Å²) in [5.74, 6) is 0. The Morgan fingerprint density at radius 1 is 1.00 bits per heavy atom. The Hall–Kier alpha value is 1.70. The third kappa shape index (κ3) is 3.34. The predicted molar refractivity (Wildman–Crippen MR) is 60.4 cm³/mol. The molecule has 0 fully saturated rings. The molecule has 0 radical (unpaired) electrons. The topological polar surface area (TPSA) is 20.2 Å². The van der Waals surface area contributed by atoms with Crippen molar-refractivity contribution in [3.05, 3.63) is 0 Å². The number of aliphatic hydroxyl groups is 1. The van der Waals surface area contributed by atoms with Gasteiger partial charge < -0.3 is 5.11 Å². The molecule has 0 aromatic rings. The maximum Gasteiger partial charge on any atom is 0.251 e. The zero-order valence-electron chi connectivity index (χ0n) is 6.63.